The van der Waals surface area contributed by atoms with Crippen molar-refractivity contribution in [3.63, 3.8) is 0 Å². The zero-order valence-electron chi connectivity index (χ0n) is 41.7. The Morgan fingerprint density at radius 3 is 1.64 bits per heavy atom. The molecule has 15 nitrogen and oxygen atoms in total. The molecule has 0 atom stereocenters. The van der Waals surface area contributed by atoms with E-state index in [1.54, 1.807) is 79.1 Å². The van der Waals surface area contributed by atoms with Crippen LogP contribution >= 0.6 is 15.9 Å². The Labute approximate surface area is 557 Å². The number of H-pyrrole nitrogens is 1. The van der Waals surface area contributed by atoms with Crippen molar-refractivity contribution in [2.45, 2.75) is 19.3 Å². The van der Waals surface area contributed by atoms with Gasteiger partial charge in [0.05, 0.1) is 69.3 Å². The van der Waals surface area contributed by atoms with Gasteiger partial charge < -0.3 is 48.9 Å². The number of ether oxygens (including phenoxy) is 4. The zero-order chi connectivity index (χ0) is 53.0. The molecule has 6 aromatic heterocycles. The average Bonchev–Trinajstić information content (AvgIpc) is 4.27. The van der Waals surface area contributed by atoms with Gasteiger partial charge in [0.25, 0.3) is 6.47 Å². The summed E-state index contributed by atoms with van der Waals surface area (Å²) < 4.78 is 93.3. The fourth-order valence-electron chi connectivity index (χ4n) is 7.72. The molecule has 4 aromatic carbocycles. The molecule has 0 fully saturated rings. The third kappa shape index (κ3) is 15.6. The number of hydrogen-bond acceptors (Lipinski definition) is 13. The molecule has 0 unspecified atom stereocenters. The van der Waals surface area contributed by atoms with Crippen LogP contribution in [0.5, 0.6) is 11.8 Å². The van der Waals surface area contributed by atoms with Gasteiger partial charge in [0.15, 0.2) is 0 Å². The summed E-state index contributed by atoms with van der Waals surface area (Å²) in [5, 5.41) is 12.3. The van der Waals surface area contributed by atoms with Gasteiger partial charge in [-0.05, 0) is 78.4 Å². The molecule has 24 heteroatoms. The van der Waals surface area contributed by atoms with Gasteiger partial charge in [-0.25, -0.2) is 28.3 Å². The maximum atomic E-state index is 14.6. The first-order valence-electron chi connectivity index (χ1n) is 20.9. The normalized spacial score (nSPS) is 9.79. The fraction of sp³-hybridized carbons (Fsp3) is 0.135. The summed E-state index contributed by atoms with van der Waals surface area (Å²) in [4.78, 5) is 48.3. The monoisotopic (exact) mass is 1360 g/mol. The van der Waals surface area contributed by atoms with Crippen LogP contribution in [0.4, 0.5) is 27.1 Å². The first-order valence-corrected chi connectivity index (χ1v) is 22.0. The molecule has 0 bridgehead atoms. The maximum absolute atomic E-state index is 14.6. The third-order valence-electron chi connectivity index (χ3n) is 10.7. The van der Waals surface area contributed by atoms with E-state index in [-0.39, 0.29) is 177 Å². The number of hydrogen-bond donors (Lipinski definition) is 1. The summed E-state index contributed by atoms with van der Waals surface area (Å²) in [6, 6.07) is 31.8. The molecule has 0 amide bonds. The summed E-state index contributed by atoms with van der Waals surface area (Å²) in [5.74, 6) is -0.748. The first kappa shape index (κ1) is 67.6. The number of aromatic nitrogens is 4. The van der Waals surface area contributed by atoms with Gasteiger partial charge in [0.2, 0.25) is 11.8 Å². The van der Waals surface area contributed by atoms with E-state index in [1.807, 2.05) is 54.6 Å². The largest absolute Gasteiger partial charge is 1.00 e. The number of alkyl halides is 1. The van der Waals surface area contributed by atoms with Crippen molar-refractivity contribution in [3.8, 4) is 34.0 Å². The van der Waals surface area contributed by atoms with Crippen molar-refractivity contribution in [3.05, 3.63) is 168 Å². The number of carbonyl (C=O) groups is 3. The number of esters is 2. The summed E-state index contributed by atoms with van der Waals surface area (Å²) in [7, 11) is 5.73. The number of halogens is 7. The number of aromatic amines is 1. The van der Waals surface area contributed by atoms with Crippen molar-refractivity contribution in [1.82, 2.24) is 19.5 Å². The van der Waals surface area contributed by atoms with Crippen molar-refractivity contribution in [2.24, 2.45) is 0 Å². The van der Waals surface area contributed by atoms with E-state index in [0.717, 1.165) is 21.7 Å². The van der Waals surface area contributed by atoms with Gasteiger partial charge in [-0.1, -0.05) is 59.8 Å². The van der Waals surface area contributed by atoms with E-state index in [2.05, 4.69) is 35.8 Å². The Morgan fingerprint density at radius 1 is 0.684 bits per heavy atom. The molecule has 1 N–H and O–H groups in total. The number of nitrogens with one attached hydrogen (secondary N) is 1. The second kappa shape index (κ2) is 34.4. The van der Waals surface area contributed by atoms with Gasteiger partial charge in [-0.3, -0.25) is 4.79 Å². The number of carbonyl (C=O) groups excluding carboxylic acids is 3. The molecule has 6 heterocycles. The summed E-state index contributed by atoms with van der Waals surface area (Å²) in [5.41, 5.74) is 7.06. The van der Waals surface area contributed by atoms with E-state index in [9.17, 15) is 18.4 Å². The Balaban J connectivity index is 0.000000581. The van der Waals surface area contributed by atoms with E-state index < -0.39 is 11.9 Å². The molecule has 0 spiro atoms. The van der Waals surface area contributed by atoms with Crippen molar-refractivity contribution >= 4 is 78.1 Å². The number of rotatable bonds is 10. The second-order valence-electron chi connectivity index (χ2n) is 14.4. The van der Waals surface area contributed by atoms with Crippen LogP contribution in [-0.2, 0) is 31.0 Å². The molecular weight excluding hydrogens is 1320 g/mol. The number of furan rings is 2. The van der Waals surface area contributed by atoms with Crippen LogP contribution in [0.3, 0.4) is 0 Å². The Bertz CT molecular complexity index is 3460. The average molecular weight is 1360 g/mol. The fourth-order valence-corrected chi connectivity index (χ4v) is 8.18. The van der Waals surface area contributed by atoms with Crippen molar-refractivity contribution < 1.29 is 219 Å². The van der Waals surface area contributed by atoms with Gasteiger partial charge >= 0.3 is 150 Å². The first-order chi connectivity index (χ1) is 35.6. The van der Waals surface area contributed by atoms with Crippen LogP contribution in [0.15, 0.2) is 143 Å². The summed E-state index contributed by atoms with van der Waals surface area (Å²) >= 11 is 3.17. The summed E-state index contributed by atoms with van der Waals surface area (Å²) in [6.45, 7) is -0.0532. The Hall–Kier alpha value is -4.53. The van der Waals surface area contributed by atoms with Gasteiger partial charge in [-0.2, -0.15) is 0 Å². The number of benzene rings is 4. The van der Waals surface area contributed by atoms with Crippen LogP contribution in [0.1, 0.15) is 41.0 Å². The third-order valence-corrected chi connectivity index (χ3v) is 11.3. The molecule has 0 saturated carbocycles. The van der Waals surface area contributed by atoms with Gasteiger partial charge in [0, 0.05) is 74.6 Å². The van der Waals surface area contributed by atoms with Crippen molar-refractivity contribution in [2.75, 3.05) is 28.4 Å². The minimum absolute atomic E-state index is 0. The van der Waals surface area contributed by atoms with Crippen LogP contribution in [-0.4, -0.2) is 66.4 Å². The number of methoxy groups -OCH3 is 4. The minimum atomic E-state index is -0.557. The van der Waals surface area contributed by atoms with E-state index >= 15 is 0 Å². The molecule has 0 aliphatic heterocycles. The summed E-state index contributed by atoms with van der Waals surface area (Å²) in [6.07, 6.45) is 6.47. The second-order valence-corrected chi connectivity index (χ2v) is 15.0. The van der Waals surface area contributed by atoms with Crippen LogP contribution in [0.2, 0.25) is 0 Å². The molecular formula is C52H45BrCs2F6N4O11. The topological polar surface area (TPSA) is 193 Å². The molecule has 10 rings (SSSR count). The minimum Gasteiger partial charge on any atom is -1.00 e. The van der Waals surface area contributed by atoms with Gasteiger partial charge in [-0.15, -0.1) is 0 Å². The standard InChI is InChI=1S/C25H19FN2O4.C18H14N2O4.C7H6BrF.CH2O3.CH4.2Cs.2F2.H/c1-30-24-17(7-5-12-27-24)20-21-19(10-9-15-11-13-32-23(15)21)28(22(20)25(29)31-2)14-16-6-3-4-8-18(16)26;1-22-17-11(4-3-8-19-17)13-14-12(20-15(13)18(21)23-2)6-5-10-7-9-24-16(10)14;8-5-6-3-1-2-4-7(6)9;2-1-4-3;;;;2*1-2;/h3-13H,14H2,1-2H3;3-9,20H,1-2H3;1-4H,5H2;1,3H;1H4;;;;;/q;;;;;2*+1;;;-1/p-1. The molecule has 76 heavy (non-hydrogen) atoms. The predicted molar refractivity (Wildman–Crippen MR) is 266 cm³/mol. The molecule has 10 aromatic rings. The number of nitrogens with zero attached hydrogens (tertiary/aromatic N) is 3. The van der Waals surface area contributed by atoms with Crippen LogP contribution < -0.4 is 153 Å². The molecule has 0 aliphatic carbocycles. The number of fused-ring (bicyclic) bond motifs is 6. The molecule has 390 valence electrons. The molecule has 0 radical (unpaired) electrons. The molecule has 0 saturated heterocycles. The molecule has 0 aliphatic rings. The van der Waals surface area contributed by atoms with Crippen LogP contribution in [0, 0.1) is 11.6 Å². The quantitative estimate of drug-likeness (QED) is 0.0376. The van der Waals surface area contributed by atoms with E-state index in [1.165, 1.54) is 33.5 Å². The zero-order valence-corrected chi connectivity index (χ0v) is 54.8. The van der Waals surface area contributed by atoms with E-state index in [4.69, 9.17) is 56.1 Å². The van der Waals surface area contributed by atoms with Gasteiger partial charge in [0.1, 0.15) is 34.2 Å². The Morgan fingerprint density at radius 2 is 1.17 bits per heavy atom. The Kier molecular flexibility index (Phi) is 30.6. The van der Waals surface area contributed by atoms with Crippen LogP contribution in [0.25, 0.3) is 66.0 Å². The predicted octanol–water partition coefficient (Wildman–Crippen LogP) is 6.80. The van der Waals surface area contributed by atoms with Crippen molar-refractivity contribution in [1.29, 1.82) is 0 Å². The smallest absolute Gasteiger partial charge is 1.00 e. The SMILES string of the molecule is C.COC(=O)c1[nH]c2ccc3ccoc3c2c1-c1cccnc1OC.COC(=O)c1c(-c2cccnc2OC)c2c3occc3ccc2n1Cc1ccccc1F.FF.FF.Fc1ccccc1CBr.O=CO[O-].[Cs+].[Cs+].[H-]. The maximum Gasteiger partial charge on any atom is 1.00 e. The van der Waals surface area contributed by atoms with E-state index in [0.29, 0.717) is 78.2 Å². The number of pyridine rings is 2.